The SMILES string of the molecule is CCOC(=O)C1=C(C)N=c2s/c(=C/c3cn(CC)nc3C)c(=O)n2[C@@H]1c1ccccc1. The van der Waals surface area contributed by atoms with Crippen LogP contribution in [0.5, 0.6) is 0 Å². The van der Waals surface area contributed by atoms with Crippen LogP contribution in [0.25, 0.3) is 6.08 Å². The zero-order chi connectivity index (χ0) is 22.1. The molecular formula is C23H24N4O3S. The fourth-order valence-corrected chi connectivity index (χ4v) is 4.76. The summed E-state index contributed by atoms with van der Waals surface area (Å²) in [7, 11) is 0. The van der Waals surface area contributed by atoms with Crippen molar-refractivity contribution in [2.75, 3.05) is 6.61 Å². The van der Waals surface area contributed by atoms with Gasteiger partial charge in [0.15, 0.2) is 4.80 Å². The van der Waals surface area contributed by atoms with Gasteiger partial charge in [-0.05, 0) is 39.3 Å². The van der Waals surface area contributed by atoms with E-state index in [4.69, 9.17) is 4.74 Å². The Labute approximate surface area is 183 Å². The maximum Gasteiger partial charge on any atom is 0.338 e. The molecule has 1 aliphatic rings. The lowest BCUT2D eigenvalue weighted by Gasteiger charge is -2.24. The van der Waals surface area contributed by atoms with Gasteiger partial charge in [0.1, 0.15) is 0 Å². The van der Waals surface area contributed by atoms with Gasteiger partial charge in [-0.1, -0.05) is 41.7 Å². The number of fused-ring (bicyclic) bond motifs is 1. The monoisotopic (exact) mass is 436 g/mol. The highest BCUT2D eigenvalue weighted by molar-refractivity contribution is 7.07. The first-order valence-corrected chi connectivity index (χ1v) is 11.0. The Kier molecular flexibility index (Phi) is 5.73. The van der Waals surface area contributed by atoms with Crippen LogP contribution in [0.3, 0.4) is 0 Å². The van der Waals surface area contributed by atoms with E-state index in [0.29, 0.717) is 20.6 Å². The first kappa shape index (κ1) is 21.0. The Morgan fingerprint density at radius 2 is 1.97 bits per heavy atom. The van der Waals surface area contributed by atoms with E-state index in [-0.39, 0.29) is 12.2 Å². The van der Waals surface area contributed by atoms with Gasteiger partial charge in [-0.2, -0.15) is 5.10 Å². The lowest BCUT2D eigenvalue weighted by atomic mass is 9.96. The third-order valence-corrected chi connectivity index (χ3v) is 6.21. The second-order valence-electron chi connectivity index (χ2n) is 7.24. The maximum atomic E-state index is 13.5. The van der Waals surface area contributed by atoms with Gasteiger partial charge in [0.05, 0.1) is 34.1 Å². The van der Waals surface area contributed by atoms with Crippen LogP contribution in [0.4, 0.5) is 0 Å². The summed E-state index contributed by atoms with van der Waals surface area (Å²) in [6.45, 7) is 8.50. The summed E-state index contributed by atoms with van der Waals surface area (Å²) in [5.41, 5.74) is 3.36. The second-order valence-corrected chi connectivity index (χ2v) is 8.25. The molecule has 0 spiro atoms. The number of thiazole rings is 1. The lowest BCUT2D eigenvalue weighted by molar-refractivity contribution is -0.139. The van der Waals surface area contributed by atoms with Crippen molar-refractivity contribution in [2.24, 2.45) is 4.99 Å². The molecule has 1 aliphatic heterocycles. The number of hydrogen-bond acceptors (Lipinski definition) is 6. The molecule has 3 aromatic rings. The van der Waals surface area contributed by atoms with Crippen molar-refractivity contribution >= 4 is 23.4 Å². The molecule has 3 heterocycles. The van der Waals surface area contributed by atoms with Crippen LogP contribution in [-0.4, -0.2) is 26.9 Å². The number of benzene rings is 1. The predicted octanol–water partition coefficient (Wildman–Crippen LogP) is 2.32. The number of hydrogen-bond donors (Lipinski definition) is 0. The number of nitrogens with zero attached hydrogens (tertiary/aromatic N) is 4. The first-order valence-electron chi connectivity index (χ1n) is 10.2. The molecule has 0 saturated heterocycles. The number of esters is 1. The molecule has 4 rings (SSSR count). The maximum absolute atomic E-state index is 13.5. The van der Waals surface area contributed by atoms with Crippen LogP contribution in [0.1, 0.15) is 43.6 Å². The molecule has 0 N–H and O–H groups in total. The number of ether oxygens (including phenoxy) is 1. The molecule has 31 heavy (non-hydrogen) atoms. The van der Waals surface area contributed by atoms with Crippen LogP contribution in [0.2, 0.25) is 0 Å². The van der Waals surface area contributed by atoms with E-state index in [1.807, 2.05) is 61.1 Å². The van der Waals surface area contributed by atoms with E-state index >= 15 is 0 Å². The lowest BCUT2D eigenvalue weighted by Crippen LogP contribution is -2.39. The Balaban J connectivity index is 1.95. The Hall–Kier alpha value is -3.26. The third-order valence-electron chi connectivity index (χ3n) is 5.23. The molecule has 8 heteroatoms. The third kappa shape index (κ3) is 3.79. The van der Waals surface area contributed by atoms with E-state index in [2.05, 4.69) is 10.1 Å². The molecule has 7 nitrogen and oxygen atoms in total. The van der Waals surface area contributed by atoms with Crippen LogP contribution < -0.4 is 14.9 Å². The molecule has 160 valence electrons. The Morgan fingerprint density at radius 3 is 2.61 bits per heavy atom. The van der Waals surface area contributed by atoms with Crippen LogP contribution in [0.15, 0.2) is 57.6 Å². The van der Waals surface area contributed by atoms with Crippen molar-refractivity contribution in [3.8, 4) is 0 Å². The molecule has 2 aromatic heterocycles. The number of aryl methyl sites for hydroxylation is 2. The molecule has 0 bridgehead atoms. The molecule has 0 amide bonds. The number of rotatable bonds is 5. The van der Waals surface area contributed by atoms with Crippen LogP contribution >= 0.6 is 11.3 Å². The molecule has 1 aromatic carbocycles. The second kappa shape index (κ2) is 8.47. The minimum absolute atomic E-state index is 0.185. The van der Waals surface area contributed by atoms with E-state index in [0.717, 1.165) is 23.4 Å². The molecule has 0 unspecified atom stereocenters. The summed E-state index contributed by atoms with van der Waals surface area (Å²) in [5, 5.41) is 4.46. The summed E-state index contributed by atoms with van der Waals surface area (Å²) in [5.74, 6) is -0.452. The predicted molar refractivity (Wildman–Crippen MR) is 119 cm³/mol. The van der Waals surface area contributed by atoms with E-state index < -0.39 is 12.0 Å². The molecule has 0 fully saturated rings. The van der Waals surface area contributed by atoms with Crippen molar-refractivity contribution in [3.63, 3.8) is 0 Å². The minimum Gasteiger partial charge on any atom is -0.463 e. The van der Waals surface area contributed by atoms with Gasteiger partial charge in [0, 0.05) is 18.3 Å². The number of allylic oxidation sites excluding steroid dienone is 1. The van der Waals surface area contributed by atoms with Crippen molar-refractivity contribution in [1.82, 2.24) is 14.3 Å². The number of aromatic nitrogens is 3. The van der Waals surface area contributed by atoms with Crippen LogP contribution in [-0.2, 0) is 16.1 Å². The van der Waals surface area contributed by atoms with Crippen molar-refractivity contribution < 1.29 is 9.53 Å². The first-order chi connectivity index (χ1) is 14.9. The summed E-state index contributed by atoms with van der Waals surface area (Å²) < 4.78 is 9.30. The zero-order valence-corrected chi connectivity index (χ0v) is 18.8. The van der Waals surface area contributed by atoms with Gasteiger partial charge in [0.2, 0.25) is 0 Å². The number of carbonyl (C=O) groups is 1. The van der Waals surface area contributed by atoms with Crippen molar-refractivity contribution in [3.05, 3.63) is 84.3 Å². The topological polar surface area (TPSA) is 78.5 Å². The standard InChI is InChI=1S/C23H24N4O3S/c1-5-26-13-17(14(3)25-26)12-18-21(28)27-20(16-10-8-7-9-11-16)19(22(29)30-6-2)15(4)24-23(27)31-18/h7-13,20H,5-6H2,1-4H3/b18-12+/t20-/m1/s1. The summed E-state index contributed by atoms with van der Waals surface area (Å²) in [6.07, 6.45) is 3.78. The van der Waals surface area contributed by atoms with Crippen LogP contribution in [0, 0.1) is 6.92 Å². The summed E-state index contributed by atoms with van der Waals surface area (Å²) in [4.78, 5) is 31.5. The van der Waals surface area contributed by atoms with E-state index in [9.17, 15) is 9.59 Å². The fourth-order valence-electron chi connectivity index (χ4n) is 3.72. The summed E-state index contributed by atoms with van der Waals surface area (Å²) in [6, 6.07) is 8.93. The fraction of sp³-hybridized carbons (Fsp3) is 0.304. The Morgan fingerprint density at radius 1 is 1.23 bits per heavy atom. The van der Waals surface area contributed by atoms with E-state index in [1.54, 1.807) is 18.4 Å². The largest absolute Gasteiger partial charge is 0.463 e. The normalized spacial score (nSPS) is 16.3. The molecular weight excluding hydrogens is 412 g/mol. The average molecular weight is 437 g/mol. The highest BCUT2D eigenvalue weighted by Crippen LogP contribution is 2.30. The van der Waals surface area contributed by atoms with Gasteiger partial charge in [0.25, 0.3) is 5.56 Å². The molecule has 0 aliphatic carbocycles. The summed E-state index contributed by atoms with van der Waals surface area (Å²) >= 11 is 1.32. The highest BCUT2D eigenvalue weighted by Gasteiger charge is 2.33. The average Bonchev–Trinajstić information content (AvgIpc) is 3.27. The van der Waals surface area contributed by atoms with Crippen molar-refractivity contribution in [1.29, 1.82) is 0 Å². The van der Waals surface area contributed by atoms with Gasteiger partial charge < -0.3 is 4.74 Å². The Bertz CT molecular complexity index is 1350. The smallest absolute Gasteiger partial charge is 0.338 e. The van der Waals surface area contributed by atoms with Gasteiger partial charge in [-0.25, -0.2) is 9.79 Å². The molecule has 1 atom stereocenters. The minimum atomic E-state index is -0.585. The number of carbonyl (C=O) groups excluding carboxylic acids is 1. The highest BCUT2D eigenvalue weighted by atomic mass is 32.1. The van der Waals surface area contributed by atoms with Gasteiger partial charge in [-0.15, -0.1) is 0 Å². The zero-order valence-electron chi connectivity index (χ0n) is 18.0. The quantitative estimate of drug-likeness (QED) is 0.575. The molecule has 0 radical (unpaired) electrons. The van der Waals surface area contributed by atoms with E-state index in [1.165, 1.54) is 11.3 Å². The van der Waals surface area contributed by atoms with Crippen molar-refractivity contribution in [2.45, 2.75) is 40.3 Å². The molecule has 0 saturated carbocycles. The van der Waals surface area contributed by atoms with Gasteiger partial charge >= 0.3 is 5.97 Å². The van der Waals surface area contributed by atoms with Gasteiger partial charge in [-0.3, -0.25) is 14.0 Å².